The van der Waals surface area contributed by atoms with E-state index < -0.39 is 6.10 Å². The van der Waals surface area contributed by atoms with Crippen LogP contribution < -0.4 is 0 Å². The first-order valence-electron chi connectivity index (χ1n) is 5.63. The number of esters is 2. The van der Waals surface area contributed by atoms with Crippen LogP contribution in [-0.2, 0) is 23.8 Å². The molecular weight excluding hydrogens is 212 g/mol. The Morgan fingerprint density at radius 1 is 1.12 bits per heavy atom. The fourth-order valence-electron chi connectivity index (χ4n) is 1.62. The van der Waals surface area contributed by atoms with Gasteiger partial charge in [-0.15, -0.1) is 0 Å². The maximum absolute atomic E-state index is 11.4. The molecule has 0 saturated carbocycles. The van der Waals surface area contributed by atoms with E-state index >= 15 is 0 Å². The van der Waals surface area contributed by atoms with Gasteiger partial charge in [-0.05, 0) is 26.7 Å². The molecule has 2 atom stereocenters. The van der Waals surface area contributed by atoms with Crippen LogP contribution in [0.15, 0.2) is 0 Å². The first-order valence-corrected chi connectivity index (χ1v) is 5.63. The minimum atomic E-state index is -0.523. The summed E-state index contributed by atoms with van der Waals surface area (Å²) in [6.45, 7) is 4.48. The van der Waals surface area contributed by atoms with Gasteiger partial charge in [-0.2, -0.15) is 0 Å². The molecule has 0 aliphatic carbocycles. The second-order valence-corrected chi connectivity index (χ2v) is 3.60. The molecule has 0 aromatic carbocycles. The second-order valence-electron chi connectivity index (χ2n) is 3.60. The highest BCUT2D eigenvalue weighted by Crippen LogP contribution is 2.20. The number of rotatable bonds is 4. The van der Waals surface area contributed by atoms with Crippen LogP contribution in [0, 0.1) is 5.92 Å². The van der Waals surface area contributed by atoms with E-state index in [0.29, 0.717) is 26.1 Å². The van der Waals surface area contributed by atoms with Gasteiger partial charge >= 0.3 is 11.9 Å². The third kappa shape index (κ3) is 3.48. The van der Waals surface area contributed by atoms with Gasteiger partial charge in [-0.1, -0.05) is 0 Å². The van der Waals surface area contributed by atoms with Gasteiger partial charge < -0.3 is 14.2 Å². The molecular formula is C11H18O5. The Kier molecular flexibility index (Phi) is 5.25. The largest absolute Gasteiger partial charge is 0.466 e. The SMILES string of the molecule is CCOC(=O)C1CCC(C(=O)OCC)OC1. The molecule has 0 aromatic rings. The van der Waals surface area contributed by atoms with E-state index in [0.717, 1.165) is 0 Å². The molecule has 1 rings (SSSR count). The fraction of sp³-hybridized carbons (Fsp3) is 0.818. The average molecular weight is 230 g/mol. The first kappa shape index (κ1) is 13.0. The Balaban J connectivity index is 2.33. The van der Waals surface area contributed by atoms with Crippen molar-refractivity contribution in [1.82, 2.24) is 0 Å². The zero-order valence-electron chi connectivity index (χ0n) is 9.73. The van der Waals surface area contributed by atoms with Crippen molar-refractivity contribution in [1.29, 1.82) is 0 Å². The summed E-state index contributed by atoms with van der Waals surface area (Å²) in [5.74, 6) is -0.833. The molecule has 1 heterocycles. The van der Waals surface area contributed by atoms with E-state index in [1.165, 1.54) is 0 Å². The molecule has 5 nitrogen and oxygen atoms in total. The van der Waals surface area contributed by atoms with E-state index in [4.69, 9.17) is 14.2 Å². The average Bonchev–Trinajstić information content (AvgIpc) is 2.30. The zero-order chi connectivity index (χ0) is 12.0. The van der Waals surface area contributed by atoms with E-state index in [1.807, 2.05) is 0 Å². The van der Waals surface area contributed by atoms with Gasteiger partial charge in [0.1, 0.15) is 0 Å². The van der Waals surface area contributed by atoms with Crippen LogP contribution >= 0.6 is 0 Å². The van der Waals surface area contributed by atoms with Crippen LogP contribution in [-0.4, -0.2) is 37.9 Å². The molecule has 1 aliphatic rings. The summed E-state index contributed by atoms with van der Waals surface area (Å²) in [4.78, 5) is 22.7. The Morgan fingerprint density at radius 3 is 2.25 bits per heavy atom. The lowest BCUT2D eigenvalue weighted by Gasteiger charge is -2.26. The van der Waals surface area contributed by atoms with E-state index in [9.17, 15) is 9.59 Å². The molecule has 92 valence electrons. The lowest BCUT2D eigenvalue weighted by atomic mass is 9.98. The predicted molar refractivity (Wildman–Crippen MR) is 55.7 cm³/mol. The second kappa shape index (κ2) is 6.48. The topological polar surface area (TPSA) is 61.8 Å². The molecule has 2 unspecified atom stereocenters. The highest BCUT2D eigenvalue weighted by Gasteiger charge is 2.32. The van der Waals surface area contributed by atoms with Gasteiger partial charge in [-0.25, -0.2) is 4.79 Å². The Bertz CT molecular complexity index is 217. The van der Waals surface area contributed by atoms with E-state index in [-0.39, 0.29) is 24.5 Å². The van der Waals surface area contributed by atoms with Gasteiger partial charge in [-0.3, -0.25) is 4.79 Å². The minimum Gasteiger partial charge on any atom is -0.466 e. The van der Waals surface area contributed by atoms with Crippen molar-refractivity contribution in [3.63, 3.8) is 0 Å². The molecule has 1 fully saturated rings. The maximum Gasteiger partial charge on any atom is 0.335 e. The molecule has 1 aliphatic heterocycles. The monoisotopic (exact) mass is 230 g/mol. The van der Waals surface area contributed by atoms with Crippen molar-refractivity contribution >= 4 is 11.9 Å². The number of carbonyl (C=O) groups is 2. The molecule has 1 saturated heterocycles. The van der Waals surface area contributed by atoms with Crippen molar-refractivity contribution in [3.05, 3.63) is 0 Å². The molecule has 5 heteroatoms. The molecule has 16 heavy (non-hydrogen) atoms. The van der Waals surface area contributed by atoms with Crippen LogP contribution in [0.25, 0.3) is 0 Å². The number of ether oxygens (including phenoxy) is 3. The van der Waals surface area contributed by atoms with Gasteiger partial charge in [0.15, 0.2) is 6.10 Å². The number of hydrogen-bond donors (Lipinski definition) is 0. The molecule has 0 N–H and O–H groups in total. The maximum atomic E-state index is 11.4. The smallest absolute Gasteiger partial charge is 0.335 e. The summed E-state index contributed by atoms with van der Waals surface area (Å²) >= 11 is 0. The van der Waals surface area contributed by atoms with Crippen LogP contribution in [0.4, 0.5) is 0 Å². The van der Waals surface area contributed by atoms with Crippen molar-refractivity contribution in [2.45, 2.75) is 32.8 Å². The van der Waals surface area contributed by atoms with Crippen LogP contribution in [0.5, 0.6) is 0 Å². The third-order valence-electron chi connectivity index (χ3n) is 2.45. The van der Waals surface area contributed by atoms with E-state index in [2.05, 4.69) is 0 Å². The Morgan fingerprint density at radius 2 is 1.75 bits per heavy atom. The lowest BCUT2D eigenvalue weighted by Crippen LogP contribution is -2.36. The summed E-state index contributed by atoms with van der Waals surface area (Å²) in [5.41, 5.74) is 0. The summed E-state index contributed by atoms with van der Waals surface area (Å²) in [6.07, 6.45) is 0.607. The zero-order valence-corrected chi connectivity index (χ0v) is 9.73. The van der Waals surface area contributed by atoms with E-state index in [1.54, 1.807) is 13.8 Å². The molecule has 0 amide bonds. The number of hydrogen-bond acceptors (Lipinski definition) is 5. The number of carbonyl (C=O) groups excluding carboxylic acids is 2. The van der Waals surface area contributed by atoms with Crippen LogP contribution in [0.2, 0.25) is 0 Å². The predicted octanol–water partition coefficient (Wildman–Crippen LogP) is 0.908. The molecule has 0 aromatic heterocycles. The molecule has 0 spiro atoms. The molecule has 0 radical (unpaired) electrons. The summed E-state index contributed by atoms with van der Waals surface area (Å²) in [6, 6.07) is 0. The van der Waals surface area contributed by atoms with Crippen molar-refractivity contribution in [2.24, 2.45) is 5.92 Å². The highest BCUT2D eigenvalue weighted by atomic mass is 16.6. The quantitative estimate of drug-likeness (QED) is 0.672. The van der Waals surface area contributed by atoms with Gasteiger partial charge in [0.25, 0.3) is 0 Å². The van der Waals surface area contributed by atoms with Crippen LogP contribution in [0.1, 0.15) is 26.7 Å². The van der Waals surface area contributed by atoms with Crippen molar-refractivity contribution < 1.29 is 23.8 Å². The summed E-state index contributed by atoms with van der Waals surface area (Å²) in [7, 11) is 0. The summed E-state index contributed by atoms with van der Waals surface area (Å²) in [5, 5.41) is 0. The fourth-order valence-corrected chi connectivity index (χ4v) is 1.62. The van der Waals surface area contributed by atoms with Crippen LogP contribution in [0.3, 0.4) is 0 Å². The highest BCUT2D eigenvalue weighted by molar-refractivity contribution is 5.76. The Labute approximate surface area is 95.0 Å². The third-order valence-corrected chi connectivity index (χ3v) is 2.45. The van der Waals surface area contributed by atoms with Gasteiger partial charge in [0.2, 0.25) is 0 Å². The van der Waals surface area contributed by atoms with Gasteiger partial charge in [0, 0.05) is 0 Å². The molecule has 0 bridgehead atoms. The standard InChI is InChI=1S/C11H18O5/c1-3-14-10(12)8-5-6-9(16-7-8)11(13)15-4-2/h8-9H,3-7H2,1-2H3. The van der Waals surface area contributed by atoms with Crippen molar-refractivity contribution in [3.8, 4) is 0 Å². The lowest BCUT2D eigenvalue weighted by molar-refractivity contribution is -0.168. The minimum absolute atomic E-state index is 0.238. The van der Waals surface area contributed by atoms with Gasteiger partial charge in [0.05, 0.1) is 25.7 Å². The first-order chi connectivity index (χ1) is 7.69. The Hall–Kier alpha value is -1.10. The normalized spacial score (nSPS) is 24.9. The summed E-state index contributed by atoms with van der Waals surface area (Å²) < 4.78 is 15.0. The van der Waals surface area contributed by atoms with Crippen molar-refractivity contribution in [2.75, 3.05) is 19.8 Å².